The number of esters is 2. The van der Waals surface area contributed by atoms with Gasteiger partial charge in [-0.1, -0.05) is 0 Å². The van der Waals surface area contributed by atoms with Gasteiger partial charge in [0.2, 0.25) is 6.29 Å². The minimum atomic E-state index is -1.04. The summed E-state index contributed by atoms with van der Waals surface area (Å²) in [5, 5.41) is 0. The minimum Gasteiger partial charge on any atom is -0.493 e. The maximum Gasteiger partial charge on any atom is 0.379 e. The molecule has 1 rings (SSSR count). The van der Waals surface area contributed by atoms with E-state index in [-0.39, 0.29) is 38.3 Å². The molecule has 0 aliphatic carbocycles. The maximum atomic E-state index is 12.0. The summed E-state index contributed by atoms with van der Waals surface area (Å²) in [4.78, 5) is 44.2. The van der Waals surface area contributed by atoms with Crippen molar-refractivity contribution in [2.24, 2.45) is 0 Å². The molecule has 0 aromatic heterocycles. The predicted molar refractivity (Wildman–Crippen MR) is 82.7 cm³/mol. The number of hydrogen-bond acceptors (Lipinski definition) is 9. The number of hydrogen-bond donors (Lipinski definition) is 0. The average molecular weight is 354 g/mol. The van der Waals surface area contributed by atoms with Crippen LogP contribution < -0.4 is 9.47 Å². The number of aldehydes is 1. The van der Waals surface area contributed by atoms with Gasteiger partial charge in [0.1, 0.15) is 13.2 Å². The lowest BCUT2D eigenvalue weighted by molar-refractivity contribution is -0.150. The van der Waals surface area contributed by atoms with E-state index in [4.69, 9.17) is 18.9 Å². The van der Waals surface area contributed by atoms with Gasteiger partial charge in [-0.05, 0) is 18.2 Å². The highest BCUT2D eigenvalue weighted by Gasteiger charge is 2.19. The fourth-order valence-corrected chi connectivity index (χ4v) is 1.69. The van der Waals surface area contributed by atoms with Crippen molar-refractivity contribution in [2.75, 3.05) is 40.6 Å². The number of ether oxygens (including phenoxy) is 5. The summed E-state index contributed by atoms with van der Waals surface area (Å²) in [5.41, 5.74) is 0.101. The van der Waals surface area contributed by atoms with Crippen molar-refractivity contribution in [3.8, 4) is 11.5 Å². The molecule has 0 N–H and O–H groups in total. The number of benzene rings is 1. The Morgan fingerprint density at radius 1 is 0.920 bits per heavy atom. The molecule has 0 heterocycles. The first-order valence-corrected chi connectivity index (χ1v) is 7.16. The van der Waals surface area contributed by atoms with Crippen molar-refractivity contribution in [1.29, 1.82) is 0 Å². The van der Waals surface area contributed by atoms with Gasteiger partial charge in [0.15, 0.2) is 11.5 Å². The Morgan fingerprint density at radius 3 is 2.16 bits per heavy atom. The summed E-state index contributed by atoms with van der Waals surface area (Å²) in [7, 11) is 2.86. The number of rotatable bonds is 11. The van der Waals surface area contributed by atoms with Gasteiger partial charge in [0, 0.05) is 5.56 Å². The topological polar surface area (TPSA) is 114 Å². The third kappa shape index (κ3) is 6.60. The summed E-state index contributed by atoms with van der Waals surface area (Å²) in [6.45, 7) is -0.222. The fraction of sp³-hybridized carbons (Fsp3) is 0.375. The van der Waals surface area contributed by atoms with Crippen LogP contribution in [0.3, 0.4) is 0 Å². The molecule has 0 saturated carbocycles. The van der Waals surface area contributed by atoms with Gasteiger partial charge in [0.05, 0.1) is 27.4 Å². The summed E-state index contributed by atoms with van der Waals surface area (Å²) in [6, 6.07) is 4.30. The lowest BCUT2D eigenvalue weighted by atomic mass is 10.1. The van der Waals surface area contributed by atoms with Crippen LogP contribution in [0.25, 0.3) is 0 Å². The van der Waals surface area contributed by atoms with E-state index in [1.165, 1.54) is 32.4 Å². The van der Waals surface area contributed by atoms with E-state index in [1.807, 2.05) is 0 Å². The predicted octanol–water partition coefficient (Wildman–Crippen LogP) is 0.188. The highest BCUT2D eigenvalue weighted by atomic mass is 16.6. The third-order valence-electron chi connectivity index (χ3n) is 2.86. The van der Waals surface area contributed by atoms with Gasteiger partial charge in [-0.15, -0.1) is 0 Å². The van der Waals surface area contributed by atoms with Crippen molar-refractivity contribution in [3.63, 3.8) is 0 Å². The zero-order chi connectivity index (χ0) is 18.7. The van der Waals surface area contributed by atoms with Gasteiger partial charge in [0.25, 0.3) is 5.78 Å². The molecule has 0 radical (unpaired) electrons. The molecule has 1 aromatic carbocycles. The van der Waals surface area contributed by atoms with Crippen LogP contribution in [0.4, 0.5) is 0 Å². The highest BCUT2D eigenvalue weighted by Crippen LogP contribution is 2.27. The van der Waals surface area contributed by atoms with Crippen LogP contribution in [0.1, 0.15) is 10.4 Å². The second-order valence-corrected chi connectivity index (χ2v) is 4.43. The summed E-state index contributed by atoms with van der Waals surface area (Å²) >= 11 is 0. The third-order valence-corrected chi connectivity index (χ3v) is 2.86. The van der Waals surface area contributed by atoms with Gasteiger partial charge >= 0.3 is 11.9 Å². The van der Waals surface area contributed by atoms with Gasteiger partial charge in [-0.3, -0.25) is 9.59 Å². The standard InChI is InChI=1S/C16H18O9/c1-21-12-4-3-11(9-13(12)22-2)15(19)16(20)25-8-6-23-5-7-24-14(18)10-17/h3-4,9-10H,5-8H2,1-2H3. The van der Waals surface area contributed by atoms with Crippen molar-refractivity contribution in [2.45, 2.75) is 0 Å². The largest absolute Gasteiger partial charge is 0.493 e. The number of carbonyl (C=O) groups excluding carboxylic acids is 4. The monoisotopic (exact) mass is 354 g/mol. The summed E-state index contributed by atoms with van der Waals surface area (Å²) < 4.78 is 24.3. The Morgan fingerprint density at radius 2 is 1.56 bits per heavy atom. The van der Waals surface area contributed by atoms with E-state index < -0.39 is 17.7 Å². The van der Waals surface area contributed by atoms with Gasteiger partial charge in [-0.25, -0.2) is 9.59 Å². The highest BCUT2D eigenvalue weighted by molar-refractivity contribution is 6.40. The summed E-state index contributed by atoms with van der Waals surface area (Å²) in [5.74, 6) is -2.12. The molecule has 0 fully saturated rings. The van der Waals surface area contributed by atoms with Crippen molar-refractivity contribution in [1.82, 2.24) is 0 Å². The molecule has 0 saturated heterocycles. The van der Waals surface area contributed by atoms with E-state index in [1.54, 1.807) is 0 Å². The molecule has 0 bridgehead atoms. The smallest absolute Gasteiger partial charge is 0.379 e. The lowest BCUT2D eigenvalue weighted by Crippen LogP contribution is -2.20. The zero-order valence-corrected chi connectivity index (χ0v) is 13.8. The molecular formula is C16H18O9. The number of ketones is 1. The van der Waals surface area contributed by atoms with Gasteiger partial charge in [-0.2, -0.15) is 0 Å². The molecule has 136 valence electrons. The van der Waals surface area contributed by atoms with Crippen LogP contribution in [0.5, 0.6) is 11.5 Å². The van der Waals surface area contributed by atoms with Crippen LogP contribution in [0.15, 0.2) is 18.2 Å². The van der Waals surface area contributed by atoms with E-state index in [0.29, 0.717) is 11.5 Å². The van der Waals surface area contributed by atoms with Crippen LogP contribution in [-0.4, -0.2) is 64.7 Å². The van der Waals surface area contributed by atoms with Crippen molar-refractivity contribution in [3.05, 3.63) is 23.8 Å². The molecule has 9 nitrogen and oxygen atoms in total. The number of carbonyl (C=O) groups is 4. The second-order valence-electron chi connectivity index (χ2n) is 4.43. The maximum absolute atomic E-state index is 12.0. The molecule has 0 amide bonds. The first-order chi connectivity index (χ1) is 12.0. The van der Waals surface area contributed by atoms with E-state index in [0.717, 1.165) is 0 Å². The molecule has 1 aromatic rings. The quantitative estimate of drug-likeness (QED) is 0.180. The number of methoxy groups -OCH3 is 2. The van der Waals surface area contributed by atoms with Crippen LogP contribution >= 0.6 is 0 Å². The molecule has 25 heavy (non-hydrogen) atoms. The zero-order valence-electron chi connectivity index (χ0n) is 13.8. The van der Waals surface area contributed by atoms with E-state index in [2.05, 4.69) is 4.74 Å². The Kier molecular flexibility index (Phi) is 8.66. The Bertz CT molecular complexity index is 624. The summed E-state index contributed by atoms with van der Waals surface area (Å²) in [6.07, 6.45) is 0.0432. The first-order valence-electron chi connectivity index (χ1n) is 7.16. The molecule has 0 aliphatic heterocycles. The Hall–Kier alpha value is -2.94. The molecule has 0 spiro atoms. The van der Waals surface area contributed by atoms with Crippen molar-refractivity contribution >= 4 is 24.0 Å². The van der Waals surface area contributed by atoms with Gasteiger partial charge < -0.3 is 23.7 Å². The molecule has 0 aliphatic rings. The SMILES string of the molecule is COc1ccc(C(=O)C(=O)OCCOCCOC(=O)C=O)cc1OC. The second kappa shape index (κ2) is 10.8. The lowest BCUT2D eigenvalue weighted by Gasteiger charge is -2.09. The Balaban J connectivity index is 2.36. The van der Waals surface area contributed by atoms with Crippen LogP contribution in [0, 0.1) is 0 Å². The molecule has 0 unspecified atom stereocenters. The van der Waals surface area contributed by atoms with Crippen LogP contribution in [0.2, 0.25) is 0 Å². The molecular weight excluding hydrogens is 336 g/mol. The number of Topliss-reactive ketones (excluding diaryl/α,β-unsaturated/α-hetero) is 1. The van der Waals surface area contributed by atoms with E-state index >= 15 is 0 Å². The van der Waals surface area contributed by atoms with Crippen molar-refractivity contribution < 1.29 is 42.9 Å². The fourth-order valence-electron chi connectivity index (χ4n) is 1.69. The molecule has 9 heteroatoms. The average Bonchev–Trinajstić information content (AvgIpc) is 2.65. The van der Waals surface area contributed by atoms with E-state index in [9.17, 15) is 19.2 Å². The Labute approximate surface area is 143 Å². The minimum absolute atomic E-state index is 0.00356. The molecule has 0 atom stereocenters. The normalized spacial score (nSPS) is 9.84. The first kappa shape index (κ1) is 20.1. The van der Waals surface area contributed by atoms with Crippen LogP contribution in [-0.2, 0) is 28.6 Å².